The van der Waals surface area contributed by atoms with Crippen LogP contribution in [0.5, 0.6) is 0 Å². The molecule has 180 valence electrons. The molecule has 0 saturated carbocycles. The maximum Gasteiger partial charge on any atom is 0.407 e. The highest BCUT2D eigenvalue weighted by atomic mass is 16.6. The number of rotatable bonds is 9. The third kappa shape index (κ3) is 6.79. The quantitative estimate of drug-likeness (QED) is 0.436. The van der Waals surface area contributed by atoms with Crippen molar-refractivity contribution in [2.24, 2.45) is 0 Å². The van der Waals surface area contributed by atoms with Gasteiger partial charge >= 0.3 is 6.09 Å². The molecule has 1 unspecified atom stereocenters. The lowest BCUT2D eigenvalue weighted by atomic mass is 9.98. The van der Waals surface area contributed by atoms with Gasteiger partial charge in [-0.05, 0) is 63.6 Å². The van der Waals surface area contributed by atoms with E-state index in [0.717, 1.165) is 49.7 Å². The molecule has 33 heavy (non-hydrogen) atoms. The van der Waals surface area contributed by atoms with Gasteiger partial charge in [0.1, 0.15) is 11.6 Å². The van der Waals surface area contributed by atoms with Crippen LogP contribution in [0.4, 0.5) is 4.79 Å². The Bertz CT molecular complexity index is 906. The molecule has 2 aliphatic rings. The minimum absolute atomic E-state index is 0.126. The number of alkyl carbamates (subject to hydrolysis) is 1. The average Bonchev–Trinajstić information content (AvgIpc) is 3.06. The van der Waals surface area contributed by atoms with Crippen molar-refractivity contribution in [2.45, 2.75) is 90.3 Å². The third-order valence-corrected chi connectivity index (χ3v) is 5.97. The van der Waals surface area contributed by atoms with Gasteiger partial charge in [-0.2, -0.15) is 0 Å². The molecule has 1 aromatic carbocycles. The monoisotopic (exact) mass is 457 g/mol. The Morgan fingerprint density at radius 1 is 1.12 bits per heavy atom. The molecule has 8 heteroatoms. The largest absolute Gasteiger partial charge is 0.444 e. The number of amides is 4. The molecule has 2 N–H and O–H groups in total. The number of hydrogen-bond donors (Lipinski definition) is 2. The number of benzene rings is 1. The first-order chi connectivity index (χ1) is 15.7. The van der Waals surface area contributed by atoms with Gasteiger partial charge in [0.05, 0.1) is 0 Å². The van der Waals surface area contributed by atoms with Crippen molar-refractivity contribution in [3.8, 4) is 0 Å². The molecular weight excluding hydrogens is 422 g/mol. The van der Waals surface area contributed by atoms with E-state index in [2.05, 4.69) is 16.7 Å². The van der Waals surface area contributed by atoms with Gasteiger partial charge in [-0.25, -0.2) is 4.79 Å². The lowest BCUT2D eigenvalue weighted by Gasteiger charge is -2.29. The number of carbonyl (C=O) groups is 4. The zero-order valence-corrected chi connectivity index (χ0v) is 19.9. The molecule has 3 rings (SSSR count). The van der Waals surface area contributed by atoms with Crippen LogP contribution >= 0.6 is 0 Å². The van der Waals surface area contributed by atoms with Crippen molar-refractivity contribution in [3.63, 3.8) is 0 Å². The first kappa shape index (κ1) is 24.7. The predicted molar refractivity (Wildman–Crippen MR) is 124 cm³/mol. The second-order valence-electron chi connectivity index (χ2n) is 9.79. The molecule has 1 aromatic rings. The molecule has 8 nitrogen and oxygen atoms in total. The van der Waals surface area contributed by atoms with Crippen molar-refractivity contribution in [1.82, 2.24) is 15.5 Å². The van der Waals surface area contributed by atoms with Crippen LogP contribution in [0.1, 0.15) is 87.2 Å². The molecule has 0 radical (unpaired) electrons. The summed E-state index contributed by atoms with van der Waals surface area (Å²) in [4.78, 5) is 49.8. The molecule has 1 fully saturated rings. The first-order valence-electron chi connectivity index (χ1n) is 11.9. The zero-order chi connectivity index (χ0) is 24.0. The maximum absolute atomic E-state index is 12.9. The summed E-state index contributed by atoms with van der Waals surface area (Å²) in [6.45, 7) is 6.57. The van der Waals surface area contributed by atoms with Gasteiger partial charge in [-0.1, -0.05) is 31.4 Å². The standard InChI is InChI=1S/C25H35N3O5/c1-25(2,3)33-24(32)26-15-8-6-4-5-7-10-17-11-9-12-18-19(17)16-28(23(18)31)20-13-14-21(29)27-22(20)30/h9,11-12,20H,4-8,10,13-16H2,1-3H3,(H,26,32)(H,27,29,30). The van der Waals surface area contributed by atoms with Crippen LogP contribution < -0.4 is 10.6 Å². The van der Waals surface area contributed by atoms with E-state index >= 15 is 0 Å². The van der Waals surface area contributed by atoms with Gasteiger partial charge in [0.2, 0.25) is 11.8 Å². The molecule has 4 amide bonds. The zero-order valence-electron chi connectivity index (χ0n) is 19.9. The number of imide groups is 1. The van der Waals surface area contributed by atoms with Gasteiger partial charge in [-0.3, -0.25) is 19.7 Å². The van der Waals surface area contributed by atoms with Crippen LogP contribution in [0.3, 0.4) is 0 Å². The molecule has 1 atom stereocenters. The second-order valence-corrected chi connectivity index (χ2v) is 9.79. The second kappa shape index (κ2) is 10.8. The van der Waals surface area contributed by atoms with Crippen molar-refractivity contribution in [1.29, 1.82) is 0 Å². The summed E-state index contributed by atoms with van der Waals surface area (Å²) in [6, 6.07) is 5.21. The van der Waals surface area contributed by atoms with E-state index in [1.807, 2.05) is 32.9 Å². The summed E-state index contributed by atoms with van der Waals surface area (Å²) < 4.78 is 5.22. The molecule has 0 aliphatic carbocycles. The Kier molecular flexibility index (Phi) is 8.10. The number of hydrogen-bond acceptors (Lipinski definition) is 5. The average molecular weight is 458 g/mol. The molecule has 0 aromatic heterocycles. The Morgan fingerprint density at radius 2 is 1.85 bits per heavy atom. The van der Waals surface area contributed by atoms with E-state index in [4.69, 9.17) is 4.74 Å². The van der Waals surface area contributed by atoms with E-state index < -0.39 is 11.6 Å². The smallest absolute Gasteiger partial charge is 0.407 e. The number of piperidine rings is 1. The van der Waals surface area contributed by atoms with Gasteiger partial charge in [0.15, 0.2) is 0 Å². The van der Waals surface area contributed by atoms with Crippen molar-refractivity contribution in [3.05, 3.63) is 34.9 Å². The third-order valence-electron chi connectivity index (χ3n) is 5.97. The van der Waals surface area contributed by atoms with E-state index in [0.29, 0.717) is 25.1 Å². The Morgan fingerprint density at radius 3 is 2.58 bits per heavy atom. The minimum atomic E-state index is -0.579. The fourth-order valence-corrected chi connectivity index (χ4v) is 4.36. The maximum atomic E-state index is 12.9. The Balaban J connectivity index is 1.40. The van der Waals surface area contributed by atoms with Crippen molar-refractivity contribution in [2.75, 3.05) is 6.54 Å². The van der Waals surface area contributed by atoms with Gasteiger partial charge < -0.3 is 15.0 Å². The SMILES string of the molecule is CC(C)(C)OC(=O)NCCCCCCCc1cccc2c1CN(C1CCC(=O)NC1=O)C2=O. The van der Waals surface area contributed by atoms with Crippen LogP contribution in [-0.4, -0.2) is 46.9 Å². The minimum Gasteiger partial charge on any atom is -0.444 e. The fourth-order valence-electron chi connectivity index (χ4n) is 4.36. The Hall–Kier alpha value is -2.90. The molecule has 2 heterocycles. The molecular formula is C25H35N3O5. The van der Waals surface area contributed by atoms with Crippen molar-refractivity contribution < 1.29 is 23.9 Å². The van der Waals surface area contributed by atoms with Crippen molar-refractivity contribution >= 4 is 23.8 Å². The fraction of sp³-hybridized carbons (Fsp3) is 0.600. The molecule has 1 saturated heterocycles. The molecule has 0 spiro atoms. The number of unbranched alkanes of at least 4 members (excludes halogenated alkanes) is 4. The number of carbonyl (C=O) groups excluding carboxylic acids is 4. The highest BCUT2D eigenvalue weighted by molar-refractivity contribution is 6.05. The predicted octanol–water partition coefficient (Wildman–Crippen LogP) is 3.47. The van der Waals surface area contributed by atoms with Gasteiger partial charge in [0.25, 0.3) is 5.91 Å². The van der Waals surface area contributed by atoms with E-state index in [-0.39, 0.29) is 30.2 Å². The van der Waals surface area contributed by atoms with Gasteiger partial charge in [-0.15, -0.1) is 0 Å². The van der Waals surface area contributed by atoms with E-state index in [1.54, 1.807) is 4.90 Å². The molecule has 2 aliphatic heterocycles. The van der Waals surface area contributed by atoms with Crippen LogP contribution in [0.15, 0.2) is 18.2 Å². The summed E-state index contributed by atoms with van der Waals surface area (Å²) >= 11 is 0. The summed E-state index contributed by atoms with van der Waals surface area (Å²) in [5, 5.41) is 5.13. The highest BCUT2D eigenvalue weighted by Crippen LogP contribution is 2.30. The molecule has 0 bridgehead atoms. The lowest BCUT2D eigenvalue weighted by Crippen LogP contribution is -2.52. The number of nitrogens with one attached hydrogen (secondary N) is 2. The topological polar surface area (TPSA) is 105 Å². The number of ether oxygens (including phenoxy) is 1. The van der Waals surface area contributed by atoms with Crippen LogP contribution in [0.25, 0.3) is 0 Å². The Labute approximate surface area is 195 Å². The number of nitrogens with zero attached hydrogens (tertiary/aromatic N) is 1. The normalized spacial score (nSPS) is 18.2. The van der Waals surface area contributed by atoms with Gasteiger partial charge in [0, 0.05) is 25.1 Å². The van der Waals surface area contributed by atoms with Crippen LogP contribution in [0, 0.1) is 0 Å². The highest BCUT2D eigenvalue weighted by Gasteiger charge is 2.39. The lowest BCUT2D eigenvalue weighted by molar-refractivity contribution is -0.136. The van der Waals surface area contributed by atoms with E-state index in [1.165, 1.54) is 0 Å². The van der Waals surface area contributed by atoms with Crippen LogP contribution in [-0.2, 0) is 27.3 Å². The summed E-state index contributed by atoms with van der Waals surface area (Å²) in [5.41, 5.74) is 2.35. The number of fused-ring (bicyclic) bond motifs is 1. The number of aryl methyl sites for hydroxylation is 1. The summed E-state index contributed by atoms with van der Waals surface area (Å²) in [6.07, 6.45) is 6.26. The summed E-state index contributed by atoms with van der Waals surface area (Å²) in [5.74, 6) is -0.782. The first-order valence-corrected chi connectivity index (χ1v) is 11.9. The van der Waals surface area contributed by atoms with Crippen LogP contribution in [0.2, 0.25) is 0 Å². The van der Waals surface area contributed by atoms with E-state index in [9.17, 15) is 19.2 Å². The summed E-state index contributed by atoms with van der Waals surface area (Å²) in [7, 11) is 0.